The number of fused-ring (bicyclic) bond motifs is 2. The van der Waals surface area contributed by atoms with Gasteiger partial charge in [-0.25, -0.2) is 9.37 Å². The molecule has 0 saturated carbocycles. The largest absolute Gasteiger partial charge is 0.485 e. The lowest BCUT2D eigenvalue weighted by Gasteiger charge is -2.09. The van der Waals surface area contributed by atoms with E-state index >= 15 is 0 Å². The first-order valence-corrected chi connectivity index (χ1v) is 12.9. The van der Waals surface area contributed by atoms with E-state index in [2.05, 4.69) is 6.07 Å². The molecule has 0 aliphatic rings. The normalized spacial score (nSPS) is 11.4. The Morgan fingerprint density at radius 1 is 0.946 bits per heavy atom. The molecule has 3 aromatic heterocycles. The summed E-state index contributed by atoms with van der Waals surface area (Å²) in [5.41, 5.74) is 6.71. The molecule has 0 unspecified atom stereocenters. The maximum absolute atomic E-state index is 13.2. The zero-order chi connectivity index (χ0) is 25.5. The van der Waals surface area contributed by atoms with Crippen molar-refractivity contribution in [1.82, 2.24) is 13.3 Å². The molecule has 6 aromatic rings. The molecule has 0 N–H and O–H groups in total. The van der Waals surface area contributed by atoms with Crippen molar-refractivity contribution in [2.24, 2.45) is 0 Å². The molecule has 7 heteroatoms. The monoisotopic (exact) mass is 509 g/mol. The summed E-state index contributed by atoms with van der Waals surface area (Å²) in [7, 11) is 0. The first kappa shape index (κ1) is 23.2. The summed E-state index contributed by atoms with van der Waals surface area (Å²) in [6.07, 6.45) is 1.99. The van der Waals surface area contributed by atoms with E-state index in [1.54, 1.807) is 16.1 Å². The maximum Gasteiger partial charge on any atom is 0.268 e. The zero-order valence-electron chi connectivity index (χ0n) is 20.4. The summed E-state index contributed by atoms with van der Waals surface area (Å²) in [5.74, 6) is 0.455. The smallest absolute Gasteiger partial charge is 0.268 e. The van der Waals surface area contributed by atoms with Gasteiger partial charge in [-0.3, -0.25) is 13.2 Å². The molecule has 3 heterocycles. The Hall–Kier alpha value is -4.23. The van der Waals surface area contributed by atoms with Crippen LogP contribution in [0.25, 0.3) is 38.1 Å². The Labute approximate surface area is 217 Å². The number of aryl methyl sites for hydroxylation is 2. The van der Waals surface area contributed by atoms with Crippen LogP contribution in [0.2, 0.25) is 0 Å². The van der Waals surface area contributed by atoms with E-state index in [9.17, 15) is 9.18 Å². The number of ether oxygens (including phenoxy) is 1. The number of rotatable bonds is 6. The van der Waals surface area contributed by atoms with Crippen molar-refractivity contribution in [3.8, 4) is 28.1 Å². The zero-order valence-corrected chi connectivity index (χ0v) is 21.3. The summed E-state index contributed by atoms with van der Waals surface area (Å²) < 4.78 is 24.2. The van der Waals surface area contributed by atoms with Crippen molar-refractivity contribution in [3.05, 3.63) is 112 Å². The Kier molecular flexibility index (Phi) is 5.85. The second kappa shape index (κ2) is 9.33. The highest BCUT2D eigenvalue weighted by atomic mass is 32.1. The second-order valence-corrected chi connectivity index (χ2v) is 9.97. The van der Waals surface area contributed by atoms with E-state index in [1.807, 2.05) is 73.0 Å². The second-order valence-electron chi connectivity index (χ2n) is 8.91. The minimum absolute atomic E-state index is 0.0605. The first-order chi connectivity index (χ1) is 18.0. The molecule has 0 radical (unpaired) electrons. The van der Waals surface area contributed by atoms with Crippen LogP contribution in [-0.4, -0.2) is 13.3 Å². The van der Waals surface area contributed by atoms with Crippen LogP contribution >= 0.6 is 11.5 Å². The fourth-order valence-corrected chi connectivity index (χ4v) is 5.62. The Balaban J connectivity index is 1.28. The molecule has 6 rings (SSSR count). The topological polar surface area (TPSA) is 48.5 Å². The van der Waals surface area contributed by atoms with Crippen molar-refractivity contribution in [3.63, 3.8) is 0 Å². The van der Waals surface area contributed by atoms with Gasteiger partial charge in [0.15, 0.2) is 11.4 Å². The molecule has 0 saturated heterocycles. The van der Waals surface area contributed by atoms with Gasteiger partial charge in [-0.15, -0.1) is 0 Å². The number of pyridine rings is 1. The van der Waals surface area contributed by atoms with Crippen molar-refractivity contribution < 1.29 is 9.13 Å². The van der Waals surface area contributed by atoms with Gasteiger partial charge in [0.1, 0.15) is 12.4 Å². The van der Waals surface area contributed by atoms with Crippen LogP contribution in [0.3, 0.4) is 0 Å². The molecule has 0 aliphatic heterocycles. The first-order valence-electron chi connectivity index (χ1n) is 12.1. The number of aromatic nitrogens is 3. The highest BCUT2D eigenvalue weighted by Gasteiger charge is 2.16. The van der Waals surface area contributed by atoms with Gasteiger partial charge in [-0.2, -0.15) is 0 Å². The van der Waals surface area contributed by atoms with Crippen molar-refractivity contribution in [1.29, 1.82) is 0 Å². The average Bonchev–Trinajstić information content (AvgIpc) is 3.43. The maximum atomic E-state index is 13.2. The lowest BCUT2D eigenvalue weighted by Crippen LogP contribution is -2.10. The van der Waals surface area contributed by atoms with Gasteiger partial charge < -0.3 is 4.74 Å². The lowest BCUT2D eigenvalue weighted by atomic mass is 10.0. The predicted molar refractivity (Wildman–Crippen MR) is 147 cm³/mol. The van der Waals surface area contributed by atoms with E-state index in [-0.39, 0.29) is 11.4 Å². The molecule has 37 heavy (non-hydrogen) atoms. The van der Waals surface area contributed by atoms with Crippen LogP contribution in [0, 0.1) is 12.7 Å². The fraction of sp³-hybridized carbons (Fsp3) is 0.133. The van der Waals surface area contributed by atoms with Crippen molar-refractivity contribution in [2.45, 2.75) is 27.0 Å². The van der Waals surface area contributed by atoms with Gasteiger partial charge in [0.25, 0.3) is 5.56 Å². The van der Waals surface area contributed by atoms with E-state index < -0.39 is 0 Å². The number of hydrogen-bond donors (Lipinski definition) is 0. The van der Waals surface area contributed by atoms with Crippen LogP contribution in [0.5, 0.6) is 5.75 Å². The quantitative estimate of drug-likeness (QED) is 0.241. The van der Waals surface area contributed by atoms with Gasteiger partial charge in [0, 0.05) is 18.3 Å². The van der Waals surface area contributed by atoms with Gasteiger partial charge in [-0.1, -0.05) is 54.0 Å². The van der Waals surface area contributed by atoms with E-state index in [4.69, 9.17) is 9.72 Å². The van der Waals surface area contributed by atoms with E-state index in [0.29, 0.717) is 18.9 Å². The summed E-state index contributed by atoms with van der Waals surface area (Å²) in [6.45, 7) is 5.03. The highest BCUT2D eigenvalue weighted by Crippen LogP contribution is 2.32. The number of imidazole rings is 1. The van der Waals surface area contributed by atoms with Crippen LogP contribution in [0.15, 0.2) is 89.9 Å². The molecule has 0 atom stereocenters. The number of halogens is 1. The van der Waals surface area contributed by atoms with Crippen LogP contribution in [0.4, 0.5) is 4.39 Å². The Morgan fingerprint density at radius 3 is 2.38 bits per heavy atom. The van der Waals surface area contributed by atoms with Crippen LogP contribution in [0.1, 0.15) is 18.2 Å². The summed E-state index contributed by atoms with van der Waals surface area (Å²) in [4.78, 5) is 17.3. The lowest BCUT2D eigenvalue weighted by molar-refractivity contribution is 0.308. The minimum atomic E-state index is -0.242. The number of nitrogens with zero attached hydrogens (tertiary/aromatic N) is 3. The molecule has 184 valence electrons. The molecule has 0 aliphatic carbocycles. The number of hydrogen-bond acceptors (Lipinski definition) is 4. The van der Waals surface area contributed by atoms with Crippen molar-refractivity contribution in [2.75, 3.05) is 0 Å². The van der Waals surface area contributed by atoms with E-state index in [0.717, 1.165) is 49.4 Å². The minimum Gasteiger partial charge on any atom is -0.485 e. The van der Waals surface area contributed by atoms with E-state index in [1.165, 1.54) is 23.7 Å². The molecule has 5 nitrogen and oxygen atoms in total. The summed E-state index contributed by atoms with van der Waals surface area (Å²) in [5, 5.41) is 0.747. The standard InChI is InChI=1S/C30H24FN3O2S/c1-3-34-30(35)25-15-12-23(17-27(25)37-34)28-19(2)32-29-26(5-4-16-33(28)29)36-18-20-6-8-21(9-7-20)22-10-13-24(31)14-11-22/h4-17H,3,18H2,1-2H3. The third-order valence-electron chi connectivity index (χ3n) is 6.52. The molecule has 3 aromatic carbocycles. The number of benzene rings is 3. The fourth-order valence-electron chi connectivity index (χ4n) is 4.64. The molecule has 0 bridgehead atoms. The van der Waals surface area contributed by atoms with Gasteiger partial charge in [-0.05, 0) is 66.9 Å². The van der Waals surface area contributed by atoms with Crippen molar-refractivity contribution >= 4 is 27.3 Å². The van der Waals surface area contributed by atoms with Gasteiger partial charge in [0.05, 0.1) is 21.5 Å². The summed E-state index contributed by atoms with van der Waals surface area (Å²) >= 11 is 1.49. The van der Waals surface area contributed by atoms with Gasteiger partial charge >= 0.3 is 0 Å². The molecular weight excluding hydrogens is 485 g/mol. The molecular formula is C30H24FN3O2S. The Morgan fingerprint density at radius 2 is 1.65 bits per heavy atom. The Bertz CT molecular complexity index is 1800. The third-order valence-corrected chi connectivity index (χ3v) is 7.70. The van der Waals surface area contributed by atoms with Crippen LogP contribution < -0.4 is 10.3 Å². The molecule has 0 spiro atoms. The molecule has 0 fully saturated rings. The molecule has 0 amide bonds. The predicted octanol–water partition coefficient (Wildman–Crippen LogP) is 7.09. The SMILES string of the molecule is CCn1sc2cc(-c3c(C)nc4c(OCc5ccc(-c6ccc(F)cc6)cc5)cccn34)ccc2c1=O. The van der Waals surface area contributed by atoms with Crippen LogP contribution in [-0.2, 0) is 13.2 Å². The average molecular weight is 510 g/mol. The summed E-state index contributed by atoms with van der Waals surface area (Å²) in [6, 6.07) is 24.4. The third kappa shape index (κ3) is 4.21. The van der Waals surface area contributed by atoms with Gasteiger partial charge in [0.2, 0.25) is 0 Å². The highest BCUT2D eigenvalue weighted by molar-refractivity contribution is 7.13.